The number of hydrogen-bond acceptors (Lipinski definition) is 4. The molecule has 0 heterocycles. The molecule has 0 saturated carbocycles. The van der Waals surface area contributed by atoms with E-state index in [-0.39, 0.29) is 11.1 Å². The normalized spacial score (nSPS) is 16.5. The first kappa shape index (κ1) is 16.4. The van der Waals surface area contributed by atoms with Crippen molar-refractivity contribution in [1.82, 2.24) is 0 Å². The van der Waals surface area contributed by atoms with Gasteiger partial charge in [0, 0.05) is 0 Å². The maximum absolute atomic E-state index is 12.2. The van der Waals surface area contributed by atoms with Crippen LogP contribution in [0.1, 0.15) is 23.1 Å². The lowest BCUT2D eigenvalue weighted by Gasteiger charge is -2.22. The van der Waals surface area contributed by atoms with E-state index in [9.17, 15) is 24.5 Å². The fourth-order valence-corrected chi connectivity index (χ4v) is 3.08. The van der Waals surface area contributed by atoms with Gasteiger partial charge in [-0.2, -0.15) is 0 Å². The quantitative estimate of drug-likeness (QED) is 0.706. The average molecular weight is 322 g/mol. The molecule has 3 atom stereocenters. The number of rotatable bonds is 6. The van der Waals surface area contributed by atoms with Crippen LogP contribution >= 0.6 is 7.60 Å². The smallest absolute Gasteiger partial charge is 0.362 e. The third kappa shape index (κ3) is 3.81. The second-order valence-corrected chi connectivity index (χ2v) is 6.41. The zero-order valence-corrected chi connectivity index (χ0v) is 12.3. The maximum atomic E-state index is 12.2. The fraction of sp³-hybridized carbons (Fsp3) is 0.133. The predicted molar refractivity (Wildman–Crippen MR) is 79.1 cm³/mol. The van der Waals surface area contributed by atoms with E-state index in [0.717, 1.165) is 0 Å². The number of hydrogen-bond donors (Lipinski definition) is 3. The minimum Gasteiger partial charge on any atom is -0.479 e. The molecule has 0 radical (unpaired) electrons. The first-order valence-electron chi connectivity index (χ1n) is 6.43. The summed E-state index contributed by atoms with van der Waals surface area (Å²) in [4.78, 5) is 21.2. The van der Waals surface area contributed by atoms with Crippen LogP contribution in [0.5, 0.6) is 0 Å². The zero-order chi connectivity index (χ0) is 16.2. The van der Waals surface area contributed by atoms with Gasteiger partial charge < -0.3 is 15.1 Å². The molecule has 0 saturated heterocycles. The summed E-state index contributed by atoms with van der Waals surface area (Å²) < 4.78 is 17.1. The number of carboxylic acids is 1. The topological polar surface area (TPSA) is 104 Å². The molecule has 116 valence electrons. The largest absolute Gasteiger partial charge is 0.479 e. The lowest BCUT2D eigenvalue weighted by Crippen LogP contribution is -2.16. The summed E-state index contributed by atoms with van der Waals surface area (Å²) in [5.41, 5.74) is 0.384. The number of aliphatic carboxylic acids is 1. The van der Waals surface area contributed by atoms with Crippen LogP contribution in [-0.4, -0.2) is 21.1 Å². The summed E-state index contributed by atoms with van der Waals surface area (Å²) in [5, 5.41) is 19.2. The van der Waals surface area contributed by atoms with Gasteiger partial charge in [-0.25, -0.2) is 4.79 Å². The van der Waals surface area contributed by atoms with Crippen LogP contribution in [-0.2, 0) is 13.9 Å². The molecule has 0 bridgehead atoms. The second kappa shape index (κ2) is 6.85. The average Bonchev–Trinajstić information content (AvgIpc) is 2.53. The Hall–Kier alpha value is -1.98. The number of aliphatic hydroxyl groups excluding tert-OH is 1. The van der Waals surface area contributed by atoms with E-state index in [1.807, 2.05) is 0 Å². The molecule has 7 heteroatoms. The van der Waals surface area contributed by atoms with E-state index in [2.05, 4.69) is 0 Å². The Morgan fingerprint density at radius 1 is 0.955 bits per heavy atom. The first-order chi connectivity index (χ1) is 10.4. The highest BCUT2D eigenvalue weighted by Gasteiger charge is 2.38. The van der Waals surface area contributed by atoms with Crippen molar-refractivity contribution < 1.29 is 29.0 Å². The Morgan fingerprint density at radius 3 is 1.86 bits per heavy atom. The molecule has 6 nitrogen and oxygen atoms in total. The van der Waals surface area contributed by atoms with Crippen molar-refractivity contribution >= 4 is 13.6 Å². The number of benzene rings is 2. The fourth-order valence-electron chi connectivity index (χ4n) is 1.90. The SMILES string of the molecule is O=C(O)C(OP(=O)(O)C(O)c1ccccc1)c1ccccc1. The van der Waals surface area contributed by atoms with E-state index < -0.39 is 25.5 Å². The molecule has 0 amide bonds. The number of carbonyl (C=O) groups is 1. The highest BCUT2D eigenvalue weighted by molar-refractivity contribution is 7.53. The molecule has 2 aromatic carbocycles. The van der Waals surface area contributed by atoms with Crippen LogP contribution in [0.15, 0.2) is 60.7 Å². The number of carboxylic acid groups (broad SMARTS) is 1. The van der Waals surface area contributed by atoms with E-state index in [1.54, 1.807) is 36.4 Å². The van der Waals surface area contributed by atoms with Gasteiger partial charge in [0.05, 0.1) is 0 Å². The Morgan fingerprint density at radius 2 is 1.41 bits per heavy atom. The van der Waals surface area contributed by atoms with Gasteiger partial charge in [-0.15, -0.1) is 0 Å². The summed E-state index contributed by atoms with van der Waals surface area (Å²) >= 11 is 0. The van der Waals surface area contributed by atoms with Crippen molar-refractivity contribution in [3.05, 3.63) is 71.8 Å². The van der Waals surface area contributed by atoms with Crippen molar-refractivity contribution in [2.45, 2.75) is 11.9 Å². The third-order valence-corrected chi connectivity index (χ3v) is 4.42. The monoisotopic (exact) mass is 322 g/mol. The van der Waals surface area contributed by atoms with Gasteiger partial charge in [0.25, 0.3) is 0 Å². The molecule has 0 aliphatic rings. The molecule has 3 N–H and O–H groups in total. The molecule has 0 fully saturated rings. The minimum atomic E-state index is -4.61. The first-order valence-corrected chi connectivity index (χ1v) is 8.08. The van der Waals surface area contributed by atoms with Gasteiger partial charge in [0.2, 0.25) is 0 Å². The molecule has 0 aromatic heterocycles. The summed E-state index contributed by atoms with van der Waals surface area (Å²) in [6.07, 6.45) is -1.64. The molecule has 3 unspecified atom stereocenters. The van der Waals surface area contributed by atoms with Crippen LogP contribution < -0.4 is 0 Å². The lowest BCUT2D eigenvalue weighted by molar-refractivity contribution is -0.146. The van der Waals surface area contributed by atoms with Crippen LogP contribution in [0, 0.1) is 0 Å². The summed E-state index contributed by atoms with van der Waals surface area (Å²) in [6.45, 7) is 0. The Bertz CT molecular complexity index is 673. The molecule has 22 heavy (non-hydrogen) atoms. The summed E-state index contributed by atoms with van der Waals surface area (Å²) in [7, 11) is -4.61. The predicted octanol–water partition coefficient (Wildman–Crippen LogP) is 2.71. The molecule has 0 aliphatic carbocycles. The van der Waals surface area contributed by atoms with Crippen molar-refractivity contribution in [3.63, 3.8) is 0 Å². The maximum Gasteiger partial charge on any atom is 0.362 e. The van der Waals surface area contributed by atoms with Crippen LogP contribution in [0.2, 0.25) is 0 Å². The van der Waals surface area contributed by atoms with Crippen LogP contribution in [0.25, 0.3) is 0 Å². The van der Waals surface area contributed by atoms with Crippen molar-refractivity contribution in [2.75, 3.05) is 0 Å². The van der Waals surface area contributed by atoms with E-state index in [1.165, 1.54) is 24.3 Å². The summed E-state index contributed by atoms with van der Waals surface area (Å²) in [5.74, 6) is -3.24. The molecular weight excluding hydrogens is 307 g/mol. The molecular formula is C15H15O6P. The summed E-state index contributed by atoms with van der Waals surface area (Å²) in [6, 6.07) is 15.6. The zero-order valence-electron chi connectivity index (χ0n) is 11.4. The molecule has 0 aliphatic heterocycles. The van der Waals surface area contributed by atoms with E-state index >= 15 is 0 Å². The van der Waals surface area contributed by atoms with Gasteiger partial charge >= 0.3 is 13.6 Å². The van der Waals surface area contributed by atoms with Crippen LogP contribution in [0.4, 0.5) is 0 Å². The van der Waals surface area contributed by atoms with Crippen LogP contribution in [0.3, 0.4) is 0 Å². The Kier molecular flexibility index (Phi) is 5.11. The third-order valence-electron chi connectivity index (χ3n) is 2.99. The Balaban J connectivity index is 2.25. The second-order valence-electron chi connectivity index (χ2n) is 4.58. The molecule has 0 spiro atoms. The number of aliphatic hydroxyl groups is 1. The van der Waals surface area contributed by atoms with E-state index in [0.29, 0.717) is 0 Å². The minimum absolute atomic E-state index is 0.172. The molecule has 2 aromatic rings. The highest BCUT2D eigenvalue weighted by atomic mass is 31.2. The molecule has 2 rings (SSSR count). The van der Waals surface area contributed by atoms with E-state index in [4.69, 9.17) is 4.52 Å². The lowest BCUT2D eigenvalue weighted by atomic mass is 10.1. The van der Waals surface area contributed by atoms with Gasteiger partial charge in [0.15, 0.2) is 11.9 Å². The standard InChI is InChI=1S/C15H15O6P/c16-14(17)13(11-7-3-1-4-8-11)21-22(19,20)15(18)12-9-5-2-6-10-12/h1-10,13,15,18H,(H,16,17)(H,19,20). The van der Waals surface area contributed by atoms with Crippen molar-refractivity contribution in [2.24, 2.45) is 0 Å². The van der Waals surface area contributed by atoms with Crippen molar-refractivity contribution in [1.29, 1.82) is 0 Å². The van der Waals surface area contributed by atoms with Crippen molar-refractivity contribution in [3.8, 4) is 0 Å². The highest BCUT2D eigenvalue weighted by Crippen LogP contribution is 2.57. The van der Waals surface area contributed by atoms with Gasteiger partial charge in [-0.1, -0.05) is 60.7 Å². The van der Waals surface area contributed by atoms with Gasteiger partial charge in [-0.3, -0.25) is 9.09 Å². The Labute approximate surface area is 127 Å². The van der Waals surface area contributed by atoms with Gasteiger partial charge in [-0.05, 0) is 11.1 Å². The van der Waals surface area contributed by atoms with Gasteiger partial charge in [0.1, 0.15) is 0 Å².